The molecule has 1 unspecified atom stereocenters. The van der Waals surface area contributed by atoms with E-state index >= 15 is 0 Å². The number of nitrogens with two attached hydrogens (primary N) is 1. The highest BCUT2D eigenvalue weighted by Gasteiger charge is 2.16. The van der Waals surface area contributed by atoms with E-state index in [9.17, 15) is 4.79 Å². The molecule has 0 aliphatic carbocycles. The van der Waals surface area contributed by atoms with Gasteiger partial charge in [-0.05, 0) is 6.42 Å². The molecule has 0 fully saturated rings. The van der Waals surface area contributed by atoms with Crippen LogP contribution >= 0.6 is 11.3 Å². The van der Waals surface area contributed by atoms with Gasteiger partial charge in [0.1, 0.15) is 0 Å². The molecule has 1 rings (SSSR count). The van der Waals surface area contributed by atoms with Crippen LogP contribution in [0.3, 0.4) is 0 Å². The van der Waals surface area contributed by atoms with Crippen molar-refractivity contribution in [3.8, 4) is 0 Å². The van der Waals surface area contributed by atoms with E-state index in [1.807, 2.05) is 6.92 Å². The third-order valence-electron chi connectivity index (χ3n) is 1.87. The van der Waals surface area contributed by atoms with Crippen molar-refractivity contribution < 1.29 is 9.90 Å². The first-order valence-electron chi connectivity index (χ1n) is 4.06. The van der Waals surface area contributed by atoms with E-state index in [1.165, 1.54) is 11.3 Å². The summed E-state index contributed by atoms with van der Waals surface area (Å²) in [6, 6.07) is 0. The molecule has 0 spiro atoms. The van der Waals surface area contributed by atoms with Crippen LogP contribution in [0.25, 0.3) is 0 Å². The van der Waals surface area contributed by atoms with Crippen LogP contribution in [0.5, 0.6) is 0 Å². The van der Waals surface area contributed by atoms with Crippen molar-refractivity contribution in [3.63, 3.8) is 0 Å². The number of carboxylic acids is 1. The van der Waals surface area contributed by atoms with Crippen molar-refractivity contribution in [2.45, 2.75) is 19.8 Å². The van der Waals surface area contributed by atoms with Gasteiger partial charge in [-0.3, -0.25) is 4.79 Å². The Kier molecular flexibility index (Phi) is 3.25. The Balaban J connectivity index is 2.61. The molecule has 0 bridgehead atoms. The average molecular weight is 200 g/mol. The number of carboxylic acid groups (broad SMARTS) is 1. The van der Waals surface area contributed by atoms with Gasteiger partial charge in [0, 0.05) is 11.8 Å². The number of rotatable bonds is 4. The van der Waals surface area contributed by atoms with Gasteiger partial charge in [0.15, 0.2) is 5.13 Å². The van der Waals surface area contributed by atoms with Gasteiger partial charge in [0.25, 0.3) is 0 Å². The number of nitrogen functional groups attached to an aromatic ring is 1. The van der Waals surface area contributed by atoms with Crippen LogP contribution in [0.1, 0.15) is 19.0 Å². The van der Waals surface area contributed by atoms with Crippen molar-refractivity contribution in [2.24, 2.45) is 5.92 Å². The lowest BCUT2D eigenvalue weighted by molar-refractivity contribution is -0.141. The maximum absolute atomic E-state index is 10.7. The molecule has 5 heteroatoms. The highest BCUT2D eigenvalue weighted by atomic mass is 32.1. The Bertz CT molecular complexity index is 298. The molecular weight excluding hydrogens is 188 g/mol. The fraction of sp³-hybridized carbons (Fsp3) is 0.500. The maximum atomic E-state index is 10.7. The predicted octanol–water partition coefficient (Wildman–Crippen LogP) is 1.38. The van der Waals surface area contributed by atoms with Crippen LogP contribution in [0, 0.1) is 5.92 Å². The molecule has 0 radical (unpaired) electrons. The lowest BCUT2D eigenvalue weighted by Gasteiger charge is -2.06. The largest absolute Gasteiger partial charge is 0.481 e. The van der Waals surface area contributed by atoms with Gasteiger partial charge < -0.3 is 10.8 Å². The Morgan fingerprint density at radius 2 is 2.54 bits per heavy atom. The molecule has 0 aliphatic heterocycles. The summed E-state index contributed by atoms with van der Waals surface area (Å²) >= 11 is 1.34. The Morgan fingerprint density at radius 1 is 1.85 bits per heavy atom. The van der Waals surface area contributed by atoms with E-state index in [0.29, 0.717) is 18.0 Å². The molecule has 0 saturated carbocycles. The van der Waals surface area contributed by atoms with Gasteiger partial charge in [-0.25, -0.2) is 4.98 Å². The van der Waals surface area contributed by atoms with Crippen molar-refractivity contribution in [1.82, 2.24) is 4.98 Å². The first-order valence-corrected chi connectivity index (χ1v) is 4.94. The summed E-state index contributed by atoms with van der Waals surface area (Å²) in [6.45, 7) is 1.86. The summed E-state index contributed by atoms with van der Waals surface area (Å²) in [4.78, 5) is 14.7. The molecule has 13 heavy (non-hydrogen) atoms. The second-order valence-corrected chi connectivity index (χ2v) is 3.71. The van der Waals surface area contributed by atoms with E-state index in [1.54, 1.807) is 5.38 Å². The second-order valence-electron chi connectivity index (χ2n) is 2.82. The van der Waals surface area contributed by atoms with Crippen LogP contribution in [0.15, 0.2) is 5.38 Å². The first kappa shape index (κ1) is 9.98. The number of carbonyl (C=O) groups is 1. The van der Waals surface area contributed by atoms with Crippen LogP contribution in [0.4, 0.5) is 5.13 Å². The number of aliphatic carboxylic acids is 1. The summed E-state index contributed by atoms with van der Waals surface area (Å²) < 4.78 is 0. The van der Waals surface area contributed by atoms with E-state index in [2.05, 4.69) is 4.98 Å². The molecule has 3 N–H and O–H groups in total. The Hall–Kier alpha value is -1.10. The summed E-state index contributed by atoms with van der Waals surface area (Å²) in [5.41, 5.74) is 6.21. The van der Waals surface area contributed by atoms with Gasteiger partial charge in [-0.1, -0.05) is 6.92 Å². The zero-order valence-corrected chi connectivity index (χ0v) is 8.17. The Labute approximate surface area is 80.4 Å². The van der Waals surface area contributed by atoms with Gasteiger partial charge in [0.2, 0.25) is 0 Å². The molecule has 1 aromatic rings. The zero-order valence-electron chi connectivity index (χ0n) is 7.36. The fourth-order valence-electron chi connectivity index (χ4n) is 1.08. The van der Waals surface area contributed by atoms with E-state index in [-0.39, 0.29) is 5.92 Å². The summed E-state index contributed by atoms with van der Waals surface area (Å²) in [5.74, 6) is -1.12. The minimum Gasteiger partial charge on any atom is -0.481 e. The highest BCUT2D eigenvalue weighted by molar-refractivity contribution is 7.13. The van der Waals surface area contributed by atoms with Crippen LogP contribution in [0.2, 0.25) is 0 Å². The van der Waals surface area contributed by atoms with Crippen LogP contribution in [-0.2, 0) is 11.2 Å². The van der Waals surface area contributed by atoms with Crippen molar-refractivity contribution in [3.05, 3.63) is 11.1 Å². The molecule has 72 valence electrons. The number of thiazole rings is 1. The van der Waals surface area contributed by atoms with Gasteiger partial charge in [-0.15, -0.1) is 11.3 Å². The maximum Gasteiger partial charge on any atom is 0.306 e. The second kappa shape index (κ2) is 4.23. The minimum absolute atomic E-state index is 0.346. The Morgan fingerprint density at radius 3 is 2.92 bits per heavy atom. The first-order chi connectivity index (χ1) is 6.13. The SMILES string of the molecule is CCC(Cc1csc(N)n1)C(=O)O. The molecular formula is C8H12N2O2S. The van der Waals surface area contributed by atoms with Crippen LogP contribution in [-0.4, -0.2) is 16.1 Å². The molecule has 4 nitrogen and oxygen atoms in total. The topological polar surface area (TPSA) is 76.2 Å². The molecule has 1 atom stereocenters. The number of nitrogens with zero attached hydrogens (tertiary/aromatic N) is 1. The third-order valence-corrected chi connectivity index (χ3v) is 2.59. The third kappa shape index (κ3) is 2.69. The number of anilines is 1. The van der Waals surface area contributed by atoms with E-state index in [4.69, 9.17) is 10.8 Å². The van der Waals surface area contributed by atoms with Gasteiger partial charge in [0.05, 0.1) is 11.6 Å². The quantitative estimate of drug-likeness (QED) is 0.769. The number of aromatic nitrogens is 1. The summed E-state index contributed by atoms with van der Waals surface area (Å²) in [5, 5.41) is 11.1. The lowest BCUT2D eigenvalue weighted by Crippen LogP contribution is -2.15. The summed E-state index contributed by atoms with van der Waals surface area (Å²) in [7, 11) is 0. The molecule has 0 saturated heterocycles. The highest BCUT2D eigenvalue weighted by Crippen LogP contribution is 2.16. The molecule has 0 aromatic carbocycles. The van der Waals surface area contributed by atoms with Crippen molar-refractivity contribution >= 4 is 22.4 Å². The van der Waals surface area contributed by atoms with Crippen LogP contribution < -0.4 is 5.73 Å². The lowest BCUT2D eigenvalue weighted by atomic mass is 10.0. The normalized spacial score (nSPS) is 12.7. The van der Waals surface area contributed by atoms with Crippen molar-refractivity contribution in [1.29, 1.82) is 0 Å². The zero-order chi connectivity index (χ0) is 9.84. The number of hydrogen-bond acceptors (Lipinski definition) is 4. The van der Waals surface area contributed by atoms with E-state index < -0.39 is 5.97 Å². The fourth-order valence-corrected chi connectivity index (χ4v) is 1.65. The molecule has 1 aromatic heterocycles. The molecule has 0 amide bonds. The monoisotopic (exact) mass is 200 g/mol. The minimum atomic E-state index is -0.769. The van der Waals surface area contributed by atoms with Gasteiger partial charge >= 0.3 is 5.97 Å². The molecule has 0 aliphatic rings. The molecule has 1 heterocycles. The smallest absolute Gasteiger partial charge is 0.306 e. The predicted molar refractivity (Wildman–Crippen MR) is 51.6 cm³/mol. The van der Waals surface area contributed by atoms with Crippen molar-refractivity contribution in [2.75, 3.05) is 5.73 Å². The van der Waals surface area contributed by atoms with Gasteiger partial charge in [-0.2, -0.15) is 0 Å². The average Bonchev–Trinajstić information content (AvgIpc) is 2.46. The standard InChI is InChI=1S/C8H12N2O2S/c1-2-5(7(11)12)3-6-4-13-8(9)10-6/h4-5H,2-3H2,1H3,(H2,9,10)(H,11,12). The summed E-state index contributed by atoms with van der Waals surface area (Å²) in [6.07, 6.45) is 1.09. The van der Waals surface area contributed by atoms with E-state index in [0.717, 1.165) is 5.69 Å². The number of hydrogen-bond donors (Lipinski definition) is 2.